The van der Waals surface area contributed by atoms with Gasteiger partial charge < -0.3 is 14.8 Å². The second kappa shape index (κ2) is 6.71. The van der Waals surface area contributed by atoms with Crippen molar-refractivity contribution in [2.75, 3.05) is 6.61 Å². The Morgan fingerprint density at radius 2 is 2.22 bits per heavy atom. The van der Waals surface area contributed by atoms with Crippen LogP contribution in [0.15, 0.2) is 24.3 Å². The van der Waals surface area contributed by atoms with Gasteiger partial charge in [-0.3, -0.25) is 4.79 Å². The number of alkyl halides is 1. The van der Waals surface area contributed by atoms with E-state index in [9.17, 15) is 9.18 Å². The molecule has 0 spiro atoms. The first kappa shape index (κ1) is 18.1. The average Bonchev–Trinajstić information content (AvgIpc) is 3.04. The van der Waals surface area contributed by atoms with Gasteiger partial charge in [-0.15, -0.1) is 0 Å². The first-order chi connectivity index (χ1) is 12.8. The third-order valence-corrected chi connectivity index (χ3v) is 5.11. The predicted molar refractivity (Wildman–Crippen MR) is 98.4 cm³/mol. The van der Waals surface area contributed by atoms with E-state index >= 15 is 0 Å². The van der Waals surface area contributed by atoms with Crippen molar-refractivity contribution in [3.63, 3.8) is 0 Å². The lowest BCUT2D eigenvalue weighted by molar-refractivity contribution is 0.00504. The number of hydrogen-bond acceptors (Lipinski definition) is 4. The monoisotopic (exact) mass is 393 g/mol. The summed E-state index contributed by atoms with van der Waals surface area (Å²) in [5, 5.41) is 7.85. The predicted octanol–water partition coefficient (Wildman–Crippen LogP) is 3.17. The maximum absolute atomic E-state index is 14.1. The van der Waals surface area contributed by atoms with Crippen molar-refractivity contribution in [2.45, 2.75) is 51.0 Å². The molecule has 27 heavy (non-hydrogen) atoms. The SMILES string of the molecule is CC(C)(F)C1CCn2nc(C(=O)N[C@H]3COc4ccc(Cl)cc4C3)cc2O1. The van der Waals surface area contributed by atoms with Crippen molar-refractivity contribution >= 4 is 17.5 Å². The molecule has 8 heteroatoms. The van der Waals surface area contributed by atoms with Gasteiger partial charge in [-0.1, -0.05) is 11.6 Å². The lowest BCUT2D eigenvalue weighted by Gasteiger charge is -2.31. The van der Waals surface area contributed by atoms with Gasteiger partial charge in [0.2, 0.25) is 5.88 Å². The topological polar surface area (TPSA) is 65.4 Å². The fourth-order valence-electron chi connectivity index (χ4n) is 3.41. The molecule has 0 radical (unpaired) electrons. The molecule has 1 N–H and O–H groups in total. The van der Waals surface area contributed by atoms with E-state index in [0.717, 1.165) is 11.3 Å². The highest BCUT2D eigenvalue weighted by Crippen LogP contribution is 2.30. The summed E-state index contributed by atoms with van der Waals surface area (Å²) in [7, 11) is 0. The van der Waals surface area contributed by atoms with Gasteiger partial charge in [-0.25, -0.2) is 9.07 Å². The molecule has 0 bridgehead atoms. The number of aryl methyl sites for hydroxylation is 1. The molecule has 0 aliphatic carbocycles. The van der Waals surface area contributed by atoms with Gasteiger partial charge in [0.25, 0.3) is 5.91 Å². The molecule has 0 saturated heterocycles. The number of halogens is 2. The second-order valence-electron chi connectivity index (χ2n) is 7.49. The van der Waals surface area contributed by atoms with Crippen LogP contribution in [-0.2, 0) is 13.0 Å². The van der Waals surface area contributed by atoms with E-state index in [0.29, 0.717) is 36.9 Å². The number of rotatable bonds is 3. The maximum Gasteiger partial charge on any atom is 0.272 e. The highest BCUT2D eigenvalue weighted by atomic mass is 35.5. The highest BCUT2D eigenvalue weighted by Gasteiger charge is 2.35. The van der Waals surface area contributed by atoms with E-state index in [-0.39, 0.29) is 17.6 Å². The van der Waals surface area contributed by atoms with E-state index in [1.165, 1.54) is 13.8 Å². The summed E-state index contributed by atoms with van der Waals surface area (Å²) < 4.78 is 27.1. The second-order valence-corrected chi connectivity index (χ2v) is 7.92. The Hall–Kier alpha value is -2.28. The number of aromatic nitrogens is 2. The minimum atomic E-state index is -1.45. The Morgan fingerprint density at radius 1 is 1.41 bits per heavy atom. The summed E-state index contributed by atoms with van der Waals surface area (Å²) in [6, 6.07) is 6.83. The van der Waals surface area contributed by atoms with Crippen LogP contribution >= 0.6 is 11.6 Å². The number of nitrogens with zero attached hydrogens (tertiary/aromatic N) is 2. The van der Waals surface area contributed by atoms with Crippen LogP contribution in [0.25, 0.3) is 0 Å². The minimum absolute atomic E-state index is 0.180. The fraction of sp³-hybridized carbons (Fsp3) is 0.474. The molecule has 0 fully saturated rings. The quantitative estimate of drug-likeness (QED) is 0.869. The van der Waals surface area contributed by atoms with Gasteiger partial charge in [0, 0.05) is 24.1 Å². The van der Waals surface area contributed by atoms with Crippen molar-refractivity contribution in [1.29, 1.82) is 0 Å². The molecular weight excluding hydrogens is 373 g/mol. The smallest absolute Gasteiger partial charge is 0.272 e. The molecule has 1 unspecified atom stereocenters. The molecule has 2 atom stereocenters. The van der Waals surface area contributed by atoms with Crippen LogP contribution in [-0.4, -0.2) is 40.1 Å². The number of nitrogens with one attached hydrogen (secondary N) is 1. The largest absolute Gasteiger partial charge is 0.491 e. The van der Waals surface area contributed by atoms with Gasteiger partial charge in [0.05, 0.1) is 6.04 Å². The number of benzene rings is 1. The molecule has 0 saturated carbocycles. The normalized spacial score (nSPS) is 21.5. The lowest BCUT2D eigenvalue weighted by Crippen LogP contribution is -2.42. The first-order valence-electron chi connectivity index (χ1n) is 8.95. The van der Waals surface area contributed by atoms with Crippen molar-refractivity contribution < 1.29 is 18.7 Å². The van der Waals surface area contributed by atoms with Crippen LogP contribution in [0, 0.1) is 0 Å². The first-order valence-corrected chi connectivity index (χ1v) is 9.33. The molecule has 6 nitrogen and oxygen atoms in total. The molecule has 2 aromatic rings. The Balaban J connectivity index is 1.44. The van der Waals surface area contributed by atoms with Crippen molar-refractivity contribution in [3.05, 3.63) is 40.5 Å². The highest BCUT2D eigenvalue weighted by molar-refractivity contribution is 6.30. The van der Waals surface area contributed by atoms with E-state index in [1.54, 1.807) is 16.8 Å². The van der Waals surface area contributed by atoms with Crippen LogP contribution in [0.5, 0.6) is 11.6 Å². The van der Waals surface area contributed by atoms with Crippen LogP contribution in [0.2, 0.25) is 5.02 Å². The third-order valence-electron chi connectivity index (χ3n) is 4.87. The Kier molecular flexibility index (Phi) is 4.50. The summed E-state index contributed by atoms with van der Waals surface area (Å²) in [6.07, 6.45) is 0.586. The zero-order chi connectivity index (χ0) is 19.2. The van der Waals surface area contributed by atoms with Gasteiger partial charge in [0.15, 0.2) is 5.69 Å². The molecule has 2 aliphatic heterocycles. The van der Waals surface area contributed by atoms with E-state index in [2.05, 4.69) is 10.4 Å². The molecule has 1 aromatic carbocycles. The van der Waals surface area contributed by atoms with Gasteiger partial charge in [-0.05, 0) is 44.0 Å². The zero-order valence-electron chi connectivity index (χ0n) is 15.2. The number of fused-ring (bicyclic) bond motifs is 2. The summed E-state index contributed by atoms with van der Waals surface area (Å²) in [4.78, 5) is 12.6. The Bertz CT molecular complexity index is 878. The van der Waals surface area contributed by atoms with Crippen molar-refractivity contribution in [3.8, 4) is 11.6 Å². The third kappa shape index (κ3) is 3.74. The summed E-state index contributed by atoms with van der Waals surface area (Å²) in [6.45, 7) is 3.87. The molecular formula is C19H21ClFN3O3. The van der Waals surface area contributed by atoms with Crippen LogP contribution in [0.4, 0.5) is 4.39 Å². The molecule has 2 aliphatic rings. The van der Waals surface area contributed by atoms with Crippen molar-refractivity contribution in [2.24, 2.45) is 0 Å². The Labute approximate surface area is 161 Å². The number of carbonyl (C=O) groups is 1. The van der Waals surface area contributed by atoms with Crippen LogP contribution in [0.3, 0.4) is 0 Å². The van der Waals surface area contributed by atoms with Gasteiger partial charge in [-0.2, -0.15) is 5.10 Å². The zero-order valence-corrected chi connectivity index (χ0v) is 15.9. The van der Waals surface area contributed by atoms with E-state index < -0.39 is 11.8 Å². The minimum Gasteiger partial charge on any atom is -0.491 e. The molecule has 3 heterocycles. The molecule has 4 rings (SSSR count). The average molecular weight is 394 g/mol. The number of amides is 1. The molecule has 1 amide bonds. The molecule has 1 aromatic heterocycles. The van der Waals surface area contributed by atoms with Crippen LogP contribution in [0.1, 0.15) is 36.3 Å². The Morgan fingerprint density at radius 3 is 3.00 bits per heavy atom. The fourth-order valence-corrected chi connectivity index (χ4v) is 3.60. The standard InChI is InChI=1S/C19H21ClFN3O3/c1-19(2,21)16-5-6-24-17(27-16)9-14(23-24)18(25)22-13-8-11-7-12(20)3-4-15(11)26-10-13/h3-4,7,9,13,16H,5-6,8,10H2,1-2H3,(H,22,25)/t13-,16?/m1/s1. The summed E-state index contributed by atoms with van der Waals surface area (Å²) >= 11 is 6.03. The van der Waals surface area contributed by atoms with E-state index in [4.69, 9.17) is 21.1 Å². The van der Waals surface area contributed by atoms with Gasteiger partial charge >= 0.3 is 0 Å². The van der Waals surface area contributed by atoms with Crippen LogP contribution < -0.4 is 14.8 Å². The lowest BCUT2D eigenvalue weighted by atomic mass is 10.00. The summed E-state index contributed by atoms with van der Waals surface area (Å²) in [5.74, 6) is 0.894. The van der Waals surface area contributed by atoms with E-state index in [1.807, 2.05) is 12.1 Å². The summed E-state index contributed by atoms with van der Waals surface area (Å²) in [5.41, 5.74) is -0.245. The van der Waals surface area contributed by atoms with Crippen molar-refractivity contribution in [1.82, 2.24) is 15.1 Å². The maximum atomic E-state index is 14.1. The van der Waals surface area contributed by atoms with Gasteiger partial charge in [0.1, 0.15) is 24.1 Å². The molecule has 144 valence electrons. The number of ether oxygens (including phenoxy) is 2. The number of hydrogen-bond donors (Lipinski definition) is 1. The number of carbonyl (C=O) groups excluding carboxylic acids is 1.